The fraction of sp³-hybridized carbons (Fsp3) is 0.600. The molecule has 1 aromatic rings. The van der Waals surface area contributed by atoms with Gasteiger partial charge in [-0.15, -0.1) is 24.8 Å². The molecule has 4 rings (SSSR count). The summed E-state index contributed by atoms with van der Waals surface area (Å²) >= 11 is 0. The van der Waals surface area contributed by atoms with Gasteiger partial charge in [-0.3, -0.25) is 14.5 Å². The molecule has 4 N–H and O–H groups in total. The first-order chi connectivity index (χ1) is 12.6. The standard InChI is InChI=1S/C20H28N4O2.2ClH/c21-18(25)17-5-2-10-24(17)13-14-3-1-4-15(11-14)23-19(26)16-12-20(16)6-8-22-9-7-20;;/h1,3-4,11,16-17,22H,2,5-10,12-13H2,(H2,21,25)(H,23,26);2*1H. The number of nitrogens with zero attached hydrogens (tertiary/aromatic N) is 1. The monoisotopic (exact) mass is 428 g/mol. The Labute approximate surface area is 178 Å². The Hall–Kier alpha value is -1.34. The molecule has 0 bridgehead atoms. The van der Waals surface area contributed by atoms with Gasteiger partial charge in [0.1, 0.15) is 0 Å². The number of rotatable bonds is 5. The van der Waals surface area contributed by atoms with Gasteiger partial charge in [0.2, 0.25) is 11.8 Å². The van der Waals surface area contributed by atoms with E-state index in [1.165, 1.54) is 0 Å². The first-order valence-electron chi connectivity index (χ1n) is 9.71. The molecule has 2 aliphatic heterocycles. The fourth-order valence-corrected chi connectivity index (χ4v) is 4.74. The van der Waals surface area contributed by atoms with Crippen LogP contribution in [-0.2, 0) is 16.1 Å². The van der Waals surface area contributed by atoms with Crippen LogP contribution in [0.15, 0.2) is 24.3 Å². The Kier molecular flexibility index (Phi) is 7.73. The maximum Gasteiger partial charge on any atom is 0.234 e. The minimum absolute atomic E-state index is 0. The van der Waals surface area contributed by atoms with E-state index in [0.29, 0.717) is 6.54 Å². The van der Waals surface area contributed by atoms with Crippen LogP contribution in [0.5, 0.6) is 0 Å². The van der Waals surface area contributed by atoms with Crippen LogP contribution in [0.25, 0.3) is 0 Å². The lowest BCUT2D eigenvalue weighted by molar-refractivity contribution is -0.122. The molecule has 28 heavy (non-hydrogen) atoms. The van der Waals surface area contributed by atoms with Crippen molar-refractivity contribution in [2.24, 2.45) is 17.1 Å². The SMILES string of the molecule is Cl.Cl.NC(=O)C1CCCN1Cc1cccc(NC(=O)C2CC23CCNCC3)c1. The third-order valence-electron chi connectivity index (χ3n) is 6.38. The van der Waals surface area contributed by atoms with E-state index >= 15 is 0 Å². The average molecular weight is 429 g/mol. The first-order valence-corrected chi connectivity index (χ1v) is 9.71. The van der Waals surface area contributed by atoms with E-state index < -0.39 is 0 Å². The van der Waals surface area contributed by atoms with Gasteiger partial charge in [0.25, 0.3) is 0 Å². The van der Waals surface area contributed by atoms with Crippen LogP contribution in [0.2, 0.25) is 0 Å². The molecular weight excluding hydrogens is 399 g/mol. The van der Waals surface area contributed by atoms with Crippen LogP contribution in [0.4, 0.5) is 5.69 Å². The highest BCUT2D eigenvalue weighted by molar-refractivity contribution is 5.95. The summed E-state index contributed by atoms with van der Waals surface area (Å²) in [6.07, 6.45) is 5.07. The molecule has 1 spiro atoms. The summed E-state index contributed by atoms with van der Waals surface area (Å²) in [6, 6.07) is 7.80. The van der Waals surface area contributed by atoms with Crippen LogP contribution in [0.1, 0.15) is 37.7 Å². The highest BCUT2D eigenvalue weighted by Gasteiger charge is 2.57. The number of halogens is 2. The fourth-order valence-electron chi connectivity index (χ4n) is 4.74. The Morgan fingerprint density at radius 1 is 1.25 bits per heavy atom. The Morgan fingerprint density at radius 3 is 2.71 bits per heavy atom. The number of carbonyl (C=O) groups excluding carboxylic acids is 2. The third-order valence-corrected chi connectivity index (χ3v) is 6.38. The van der Waals surface area contributed by atoms with Crippen molar-refractivity contribution in [2.75, 3.05) is 25.0 Å². The summed E-state index contributed by atoms with van der Waals surface area (Å²) < 4.78 is 0. The molecule has 6 nitrogen and oxygen atoms in total. The highest BCUT2D eigenvalue weighted by Crippen LogP contribution is 2.58. The van der Waals surface area contributed by atoms with Crippen LogP contribution in [-0.4, -0.2) is 42.4 Å². The molecule has 1 aliphatic carbocycles. The molecule has 3 fully saturated rings. The van der Waals surface area contributed by atoms with E-state index in [0.717, 1.165) is 63.0 Å². The van der Waals surface area contributed by atoms with E-state index in [9.17, 15) is 9.59 Å². The quantitative estimate of drug-likeness (QED) is 0.671. The predicted octanol–water partition coefficient (Wildman–Crippen LogP) is 2.31. The second kappa shape index (κ2) is 9.44. The van der Waals surface area contributed by atoms with E-state index in [4.69, 9.17) is 5.73 Å². The zero-order valence-corrected chi connectivity index (χ0v) is 17.6. The van der Waals surface area contributed by atoms with Gasteiger partial charge in [-0.25, -0.2) is 0 Å². The molecule has 156 valence electrons. The van der Waals surface area contributed by atoms with Crippen molar-refractivity contribution in [1.29, 1.82) is 0 Å². The molecular formula is C20H30Cl2N4O2. The minimum atomic E-state index is -0.243. The number of hydrogen-bond acceptors (Lipinski definition) is 4. The van der Waals surface area contributed by atoms with Gasteiger partial charge in [-0.05, 0) is 74.8 Å². The maximum absolute atomic E-state index is 12.6. The molecule has 0 aromatic heterocycles. The topological polar surface area (TPSA) is 87.5 Å². The number of carbonyl (C=O) groups is 2. The molecule has 3 aliphatic rings. The molecule has 2 atom stereocenters. The zero-order chi connectivity index (χ0) is 18.1. The number of nitrogens with two attached hydrogens (primary N) is 1. The van der Waals surface area contributed by atoms with Gasteiger partial charge in [0, 0.05) is 18.2 Å². The van der Waals surface area contributed by atoms with Crippen LogP contribution >= 0.6 is 24.8 Å². The molecule has 1 saturated carbocycles. The van der Waals surface area contributed by atoms with Gasteiger partial charge in [0.05, 0.1) is 6.04 Å². The second-order valence-corrected chi connectivity index (χ2v) is 8.09. The zero-order valence-electron chi connectivity index (χ0n) is 16.0. The molecule has 8 heteroatoms. The van der Waals surface area contributed by atoms with E-state index in [2.05, 4.69) is 15.5 Å². The number of primary amides is 1. The van der Waals surface area contributed by atoms with Gasteiger partial charge >= 0.3 is 0 Å². The molecule has 2 unspecified atom stereocenters. The summed E-state index contributed by atoms with van der Waals surface area (Å²) in [5, 5.41) is 6.48. The summed E-state index contributed by atoms with van der Waals surface area (Å²) in [5.74, 6) is 0.0688. The number of piperidine rings is 1. The van der Waals surface area contributed by atoms with Gasteiger partial charge < -0.3 is 16.4 Å². The van der Waals surface area contributed by atoms with Crippen molar-refractivity contribution >= 4 is 42.3 Å². The van der Waals surface area contributed by atoms with Crippen LogP contribution < -0.4 is 16.4 Å². The first kappa shape index (κ1) is 22.9. The van der Waals surface area contributed by atoms with Crippen molar-refractivity contribution in [3.63, 3.8) is 0 Å². The number of nitrogens with one attached hydrogen (secondary N) is 2. The lowest BCUT2D eigenvalue weighted by Crippen LogP contribution is -2.39. The molecule has 2 saturated heterocycles. The summed E-state index contributed by atoms with van der Waals surface area (Å²) in [6.45, 7) is 3.63. The summed E-state index contributed by atoms with van der Waals surface area (Å²) in [5.41, 5.74) is 7.70. The van der Waals surface area contributed by atoms with Gasteiger partial charge in [-0.2, -0.15) is 0 Å². The Bertz CT molecular complexity index is 709. The largest absolute Gasteiger partial charge is 0.368 e. The number of anilines is 1. The lowest BCUT2D eigenvalue weighted by Gasteiger charge is -2.23. The minimum Gasteiger partial charge on any atom is -0.368 e. The number of benzene rings is 1. The van der Waals surface area contributed by atoms with Crippen molar-refractivity contribution < 1.29 is 9.59 Å². The molecule has 1 aromatic carbocycles. The number of likely N-dealkylation sites (tertiary alicyclic amines) is 1. The third kappa shape index (κ3) is 4.79. The van der Waals surface area contributed by atoms with Crippen LogP contribution in [0.3, 0.4) is 0 Å². The van der Waals surface area contributed by atoms with Crippen molar-refractivity contribution in [3.05, 3.63) is 29.8 Å². The summed E-state index contributed by atoms with van der Waals surface area (Å²) in [7, 11) is 0. The highest BCUT2D eigenvalue weighted by atomic mass is 35.5. The van der Waals surface area contributed by atoms with Crippen molar-refractivity contribution in [2.45, 2.75) is 44.7 Å². The molecule has 2 heterocycles. The summed E-state index contributed by atoms with van der Waals surface area (Å²) in [4.78, 5) is 26.3. The normalized spacial score (nSPS) is 25.4. The van der Waals surface area contributed by atoms with Gasteiger partial charge in [-0.1, -0.05) is 12.1 Å². The lowest BCUT2D eigenvalue weighted by atomic mass is 9.92. The van der Waals surface area contributed by atoms with Gasteiger partial charge in [0.15, 0.2) is 0 Å². The Balaban J connectivity index is 0.00000140. The molecule has 2 amide bonds. The number of amides is 2. The number of hydrogen-bond donors (Lipinski definition) is 3. The van der Waals surface area contributed by atoms with Crippen molar-refractivity contribution in [1.82, 2.24) is 10.2 Å². The van der Waals surface area contributed by atoms with Crippen molar-refractivity contribution in [3.8, 4) is 0 Å². The average Bonchev–Trinajstić information content (AvgIpc) is 3.10. The molecule has 0 radical (unpaired) electrons. The van der Waals surface area contributed by atoms with E-state index in [1.807, 2.05) is 24.3 Å². The van der Waals surface area contributed by atoms with Crippen LogP contribution in [0, 0.1) is 11.3 Å². The maximum atomic E-state index is 12.6. The predicted molar refractivity (Wildman–Crippen MR) is 115 cm³/mol. The smallest absolute Gasteiger partial charge is 0.234 e. The Morgan fingerprint density at radius 2 is 2.00 bits per heavy atom. The van der Waals surface area contributed by atoms with E-state index in [1.54, 1.807) is 0 Å². The van der Waals surface area contributed by atoms with E-state index in [-0.39, 0.29) is 54.0 Å². The second-order valence-electron chi connectivity index (χ2n) is 8.09.